The Morgan fingerprint density at radius 2 is 1.66 bits per heavy atom. The molecule has 6 nitrogen and oxygen atoms in total. The Bertz CT molecular complexity index is 1280. The maximum atomic E-state index is 13.2. The smallest absolute Gasteiger partial charge is 0.258 e. The number of carbonyl (C=O) groups excluding carboxylic acids is 1. The van der Waals surface area contributed by atoms with E-state index in [1.54, 1.807) is 11.0 Å². The summed E-state index contributed by atoms with van der Waals surface area (Å²) in [6.45, 7) is 4.80. The van der Waals surface area contributed by atoms with Gasteiger partial charge in [-0.1, -0.05) is 50.2 Å². The van der Waals surface area contributed by atoms with E-state index in [1.165, 1.54) is 17.7 Å². The number of fused-ring (bicyclic) bond motifs is 1. The Hall–Kier alpha value is -3.32. The Labute approximate surface area is 188 Å². The van der Waals surface area contributed by atoms with Crippen LogP contribution in [0.2, 0.25) is 0 Å². The zero-order chi connectivity index (χ0) is 23.0. The number of phenols is 1. The third kappa shape index (κ3) is 4.48. The first-order valence-electron chi connectivity index (χ1n) is 10.5. The van der Waals surface area contributed by atoms with Crippen LogP contribution in [0.1, 0.15) is 41.3 Å². The lowest BCUT2D eigenvalue weighted by Gasteiger charge is -2.29. The molecule has 0 saturated carbocycles. The van der Waals surface area contributed by atoms with Crippen LogP contribution in [0.15, 0.2) is 60.7 Å². The highest BCUT2D eigenvalue weighted by molar-refractivity contribution is 7.92. The van der Waals surface area contributed by atoms with E-state index in [2.05, 4.69) is 48.9 Å². The van der Waals surface area contributed by atoms with E-state index in [0.29, 0.717) is 30.1 Å². The predicted molar refractivity (Wildman–Crippen MR) is 128 cm³/mol. The minimum Gasteiger partial charge on any atom is -0.506 e. The molecular weight excluding hydrogens is 424 g/mol. The highest BCUT2D eigenvalue weighted by atomic mass is 32.2. The Kier molecular flexibility index (Phi) is 5.69. The predicted octanol–water partition coefficient (Wildman–Crippen LogP) is 4.76. The summed E-state index contributed by atoms with van der Waals surface area (Å²) in [6.07, 6.45) is 1.68. The van der Waals surface area contributed by atoms with Crippen LogP contribution in [-0.2, 0) is 16.4 Å². The van der Waals surface area contributed by atoms with Crippen LogP contribution in [0.4, 0.5) is 11.4 Å². The molecule has 0 radical (unpaired) electrons. The standard InChI is InChI=1S/C25H26N2O4S/c1-16(2)17-4-6-18(7-5-17)19-8-10-22-20(14-19)12-13-27(25(22)29)21-9-11-24(28)23(15-21)26-32(3,30)31/h4-11,14-16,26,28H,12-13H2,1-3H3. The summed E-state index contributed by atoms with van der Waals surface area (Å²) in [4.78, 5) is 14.8. The van der Waals surface area contributed by atoms with Crippen LogP contribution in [-0.4, -0.2) is 32.2 Å². The molecule has 0 aliphatic carbocycles. The van der Waals surface area contributed by atoms with Crippen LogP contribution in [0.3, 0.4) is 0 Å². The first kappa shape index (κ1) is 21.9. The van der Waals surface area contributed by atoms with Crippen molar-refractivity contribution in [2.24, 2.45) is 0 Å². The molecule has 0 unspecified atom stereocenters. The SMILES string of the molecule is CC(C)c1ccc(-c2ccc3c(c2)CCN(c2ccc(O)c(NS(C)(=O)=O)c2)C3=O)cc1. The zero-order valence-electron chi connectivity index (χ0n) is 18.3. The van der Waals surface area contributed by atoms with E-state index in [1.807, 2.05) is 12.1 Å². The number of sulfonamides is 1. The van der Waals surface area contributed by atoms with Gasteiger partial charge in [0.15, 0.2) is 0 Å². The number of hydrogen-bond donors (Lipinski definition) is 2. The topological polar surface area (TPSA) is 86.7 Å². The average molecular weight is 451 g/mol. The molecule has 1 amide bonds. The number of benzene rings is 3. The van der Waals surface area contributed by atoms with Gasteiger partial charge in [-0.25, -0.2) is 8.42 Å². The lowest BCUT2D eigenvalue weighted by Crippen LogP contribution is -2.37. The number of amides is 1. The van der Waals surface area contributed by atoms with Crippen LogP contribution < -0.4 is 9.62 Å². The van der Waals surface area contributed by atoms with Gasteiger partial charge in [-0.05, 0) is 58.9 Å². The third-order valence-electron chi connectivity index (χ3n) is 5.68. The van der Waals surface area contributed by atoms with Crippen molar-refractivity contribution in [1.29, 1.82) is 0 Å². The van der Waals surface area contributed by atoms with E-state index in [4.69, 9.17) is 0 Å². The maximum Gasteiger partial charge on any atom is 0.258 e. The Morgan fingerprint density at radius 1 is 0.969 bits per heavy atom. The monoisotopic (exact) mass is 450 g/mol. The van der Waals surface area contributed by atoms with E-state index in [9.17, 15) is 18.3 Å². The van der Waals surface area contributed by atoms with Crippen molar-refractivity contribution in [2.75, 3.05) is 22.4 Å². The molecule has 1 aliphatic heterocycles. The summed E-state index contributed by atoms with van der Waals surface area (Å²) in [5, 5.41) is 9.98. The number of hydrogen-bond acceptors (Lipinski definition) is 4. The molecular formula is C25H26N2O4S. The highest BCUT2D eigenvalue weighted by Crippen LogP contribution is 2.33. The molecule has 0 spiro atoms. The summed E-state index contributed by atoms with van der Waals surface area (Å²) in [5.41, 5.74) is 5.67. The van der Waals surface area contributed by atoms with Gasteiger partial charge >= 0.3 is 0 Å². The second kappa shape index (κ2) is 8.31. The Morgan fingerprint density at radius 3 is 2.31 bits per heavy atom. The molecule has 4 rings (SSSR count). The number of aromatic hydroxyl groups is 1. The fraction of sp³-hybridized carbons (Fsp3) is 0.240. The quantitative estimate of drug-likeness (QED) is 0.549. The molecule has 0 aromatic heterocycles. The minimum absolute atomic E-state index is 0.0452. The average Bonchev–Trinajstić information content (AvgIpc) is 2.74. The molecule has 0 atom stereocenters. The van der Waals surface area contributed by atoms with E-state index >= 15 is 0 Å². The molecule has 166 valence electrons. The summed E-state index contributed by atoms with van der Waals surface area (Å²) < 4.78 is 25.4. The van der Waals surface area contributed by atoms with Gasteiger partial charge in [-0.15, -0.1) is 0 Å². The molecule has 2 N–H and O–H groups in total. The first-order valence-corrected chi connectivity index (χ1v) is 12.4. The first-order chi connectivity index (χ1) is 15.1. The van der Waals surface area contributed by atoms with E-state index in [0.717, 1.165) is 22.9 Å². The fourth-order valence-electron chi connectivity index (χ4n) is 3.95. The van der Waals surface area contributed by atoms with Gasteiger partial charge in [-0.3, -0.25) is 9.52 Å². The molecule has 0 bridgehead atoms. The number of phenolic OH excluding ortho intramolecular Hbond substituents is 1. The minimum atomic E-state index is -3.56. The molecule has 1 aliphatic rings. The van der Waals surface area contributed by atoms with Crippen molar-refractivity contribution in [1.82, 2.24) is 0 Å². The van der Waals surface area contributed by atoms with Crippen LogP contribution in [0.5, 0.6) is 5.75 Å². The number of rotatable bonds is 5. The van der Waals surface area contributed by atoms with Gasteiger partial charge in [0.1, 0.15) is 5.75 Å². The number of nitrogens with one attached hydrogen (secondary N) is 1. The normalized spacial score (nSPS) is 13.9. The molecule has 7 heteroatoms. The second-order valence-corrected chi connectivity index (χ2v) is 10.2. The lowest BCUT2D eigenvalue weighted by molar-refractivity contribution is 0.0980. The molecule has 3 aromatic carbocycles. The van der Waals surface area contributed by atoms with Crippen LogP contribution in [0, 0.1) is 0 Å². The Balaban J connectivity index is 1.61. The van der Waals surface area contributed by atoms with Gasteiger partial charge in [0, 0.05) is 17.8 Å². The maximum absolute atomic E-state index is 13.2. The van der Waals surface area contributed by atoms with Crippen LogP contribution >= 0.6 is 0 Å². The fourth-order valence-corrected chi connectivity index (χ4v) is 4.51. The van der Waals surface area contributed by atoms with Crippen molar-refractivity contribution in [3.05, 3.63) is 77.4 Å². The number of anilines is 2. The van der Waals surface area contributed by atoms with Gasteiger partial charge in [0.2, 0.25) is 10.0 Å². The number of carbonyl (C=O) groups is 1. The summed E-state index contributed by atoms with van der Waals surface area (Å²) >= 11 is 0. The van der Waals surface area contributed by atoms with Crippen molar-refractivity contribution in [2.45, 2.75) is 26.2 Å². The largest absolute Gasteiger partial charge is 0.506 e. The van der Waals surface area contributed by atoms with Crippen molar-refractivity contribution in [3.8, 4) is 16.9 Å². The highest BCUT2D eigenvalue weighted by Gasteiger charge is 2.26. The van der Waals surface area contributed by atoms with Crippen LogP contribution in [0.25, 0.3) is 11.1 Å². The number of nitrogens with zero attached hydrogens (tertiary/aromatic N) is 1. The van der Waals surface area contributed by atoms with Crippen molar-refractivity contribution in [3.63, 3.8) is 0 Å². The second-order valence-electron chi connectivity index (χ2n) is 8.43. The third-order valence-corrected chi connectivity index (χ3v) is 6.27. The molecule has 0 fully saturated rings. The molecule has 1 heterocycles. The van der Waals surface area contributed by atoms with E-state index in [-0.39, 0.29) is 17.3 Å². The van der Waals surface area contributed by atoms with Crippen molar-refractivity contribution < 1.29 is 18.3 Å². The van der Waals surface area contributed by atoms with E-state index < -0.39 is 10.0 Å². The summed E-state index contributed by atoms with van der Waals surface area (Å²) in [7, 11) is -3.56. The summed E-state index contributed by atoms with van der Waals surface area (Å²) in [5.74, 6) is 0.130. The van der Waals surface area contributed by atoms with Crippen molar-refractivity contribution >= 4 is 27.3 Å². The van der Waals surface area contributed by atoms with Gasteiger partial charge < -0.3 is 10.0 Å². The molecule has 0 saturated heterocycles. The van der Waals surface area contributed by atoms with Gasteiger partial charge in [0.25, 0.3) is 5.91 Å². The molecule has 3 aromatic rings. The zero-order valence-corrected chi connectivity index (χ0v) is 19.1. The van der Waals surface area contributed by atoms with Gasteiger partial charge in [-0.2, -0.15) is 0 Å². The van der Waals surface area contributed by atoms with Gasteiger partial charge in [0.05, 0.1) is 11.9 Å². The molecule has 32 heavy (non-hydrogen) atoms. The summed E-state index contributed by atoms with van der Waals surface area (Å²) in [6, 6.07) is 18.8. The lowest BCUT2D eigenvalue weighted by atomic mass is 9.92.